The fourth-order valence-electron chi connectivity index (χ4n) is 1.41. The molecule has 0 aromatic carbocycles. The van der Waals surface area contributed by atoms with E-state index < -0.39 is 0 Å². The Morgan fingerprint density at radius 3 is 3.00 bits per heavy atom. The fourth-order valence-corrected chi connectivity index (χ4v) is 2.52. The van der Waals surface area contributed by atoms with Gasteiger partial charge in [0.2, 0.25) is 0 Å². The maximum Gasteiger partial charge on any atom is 0.124 e. The van der Waals surface area contributed by atoms with Gasteiger partial charge < -0.3 is 0 Å². The normalized spacial score (nSPS) is 10.5. The second-order valence-electron chi connectivity index (χ2n) is 3.16. The fraction of sp³-hybridized carbons (Fsp3) is 0.273. The first-order valence-electron chi connectivity index (χ1n) is 4.78. The van der Waals surface area contributed by atoms with E-state index in [1.807, 2.05) is 17.6 Å². The smallest absolute Gasteiger partial charge is 0.124 e. The van der Waals surface area contributed by atoms with Crippen LogP contribution in [0.1, 0.15) is 18.2 Å². The predicted octanol–water partition coefficient (Wildman–Crippen LogP) is 3.51. The van der Waals surface area contributed by atoms with Crippen LogP contribution in [-0.2, 0) is 12.3 Å². The summed E-state index contributed by atoms with van der Waals surface area (Å²) < 4.78 is 0. The molecule has 2 aromatic rings. The average molecular weight is 239 g/mol. The van der Waals surface area contributed by atoms with Crippen LogP contribution in [0.25, 0.3) is 10.6 Å². The van der Waals surface area contributed by atoms with Crippen molar-refractivity contribution in [3.63, 3.8) is 0 Å². The molecule has 0 saturated heterocycles. The molecule has 0 atom stereocenters. The Balaban J connectivity index is 2.44. The van der Waals surface area contributed by atoms with E-state index in [2.05, 4.69) is 16.9 Å². The van der Waals surface area contributed by atoms with Crippen LogP contribution in [0, 0.1) is 0 Å². The SMILES string of the molecule is CCc1cnccc1-c1nc(CCl)cs1. The molecule has 2 heterocycles. The molecule has 15 heavy (non-hydrogen) atoms. The molecular weight excluding hydrogens is 228 g/mol. The first kappa shape index (κ1) is 10.6. The van der Waals surface area contributed by atoms with Gasteiger partial charge in [-0.05, 0) is 18.1 Å². The zero-order valence-electron chi connectivity index (χ0n) is 8.40. The minimum absolute atomic E-state index is 0.475. The van der Waals surface area contributed by atoms with Crippen LogP contribution in [0.4, 0.5) is 0 Å². The summed E-state index contributed by atoms with van der Waals surface area (Å²) >= 11 is 7.37. The van der Waals surface area contributed by atoms with Gasteiger partial charge in [0, 0.05) is 23.3 Å². The molecule has 2 nitrogen and oxygen atoms in total. The molecule has 0 aliphatic heterocycles. The number of aryl methyl sites for hydroxylation is 1. The van der Waals surface area contributed by atoms with Crippen molar-refractivity contribution >= 4 is 22.9 Å². The molecule has 0 radical (unpaired) electrons. The van der Waals surface area contributed by atoms with Crippen LogP contribution in [-0.4, -0.2) is 9.97 Å². The third kappa shape index (κ3) is 2.19. The molecule has 0 N–H and O–H groups in total. The number of hydrogen-bond donors (Lipinski definition) is 0. The Morgan fingerprint density at radius 1 is 1.47 bits per heavy atom. The van der Waals surface area contributed by atoms with Gasteiger partial charge in [-0.2, -0.15) is 0 Å². The largest absolute Gasteiger partial charge is 0.264 e. The first-order valence-corrected chi connectivity index (χ1v) is 6.20. The van der Waals surface area contributed by atoms with Gasteiger partial charge in [0.05, 0.1) is 11.6 Å². The second kappa shape index (κ2) is 4.73. The maximum atomic E-state index is 5.73. The van der Waals surface area contributed by atoms with Crippen LogP contribution in [0.3, 0.4) is 0 Å². The standard InChI is InChI=1S/C11H11ClN2S/c1-2-8-6-13-4-3-10(8)11-14-9(5-12)7-15-11/h3-4,6-7H,2,5H2,1H3. The Kier molecular flexibility index (Phi) is 3.34. The Hall–Kier alpha value is -0.930. The zero-order chi connectivity index (χ0) is 10.7. The van der Waals surface area contributed by atoms with E-state index in [1.165, 1.54) is 11.1 Å². The number of rotatable bonds is 3. The third-order valence-electron chi connectivity index (χ3n) is 2.20. The van der Waals surface area contributed by atoms with Gasteiger partial charge in [0.1, 0.15) is 5.01 Å². The molecule has 0 aliphatic rings. The molecular formula is C11H11ClN2S. The number of alkyl halides is 1. The predicted molar refractivity (Wildman–Crippen MR) is 64.3 cm³/mol. The number of hydrogen-bond acceptors (Lipinski definition) is 3. The van der Waals surface area contributed by atoms with Crippen molar-refractivity contribution in [1.82, 2.24) is 9.97 Å². The van der Waals surface area contributed by atoms with Gasteiger partial charge in [-0.1, -0.05) is 6.92 Å². The van der Waals surface area contributed by atoms with Crippen LogP contribution in [0.5, 0.6) is 0 Å². The van der Waals surface area contributed by atoms with Crippen LogP contribution in [0.2, 0.25) is 0 Å². The minimum Gasteiger partial charge on any atom is -0.264 e. The number of nitrogens with zero attached hydrogens (tertiary/aromatic N) is 2. The lowest BCUT2D eigenvalue weighted by Crippen LogP contribution is -1.88. The number of halogens is 1. The Morgan fingerprint density at radius 2 is 2.33 bits per heavy atom. The van der Waals surface area contributed by atoms with E-state index in [0.717, 1.165) is 17.1 Å². The highest BCUT2D eigenvalue weighted by molar-refractivity contribution is 7.13. The van der Waals surface area contributed by atoms with E-state index in [1.54, 1.807) is 17.5 Å². The van der Waals surface area contributed by atoms with E-state index in [9.17, 15) is 0 Å². The van der Waals surface area contributed by atoms with Gasteiger partial charge in [-0.3, -0.25) is 4.98 Å². The summed E-state index contributed by atoms with van der Waals surface area (Å²) in [6.45, 7) is 2.12. The van der Waals surface area contributed by atoms with Crippen molar-refractivity contribution < 1.29 is 0 Å². The van der Waals surface area contributed by atoms with Crippen molar-refractivity contribution in [2.75, 3.05) is 0 Å². The summed E-state index contributed by atoms with van der Waals surface area (Å²) in [6.07, 6.45) is 4.67. The molecule has 0 unspecified atom stereocenters. The number of aromatic nitrogens is 2. The highest BCUT2D eigenvalue weighted by Gasteiger charge is 2.07. The van der Waals surface area contributed by atoms with Crippen molar-refractivity contribution in [2.45, 2.75) is 19.2 Å². The van der Waals surface area contributed by atoms with Gasteiger partial charge in [-0.15, -0.1) is 22.9 Å². The quantitative estimate of drug-likeness (QED) is 0.765. The van der Waals surface area contributed by atoms with Gasteiger partial charge in [-0.25, -0.2) is 4.98 Å². The lowest BCUT2D eigenvalue weighted by Gasteiger charge is -2.02. The highest BCUT2D eigenvalue weighted by Crippen LogP contribution is 2.27. The monoisotopic (exact) mass is 238 g/mol. The number of pyridine rings is 1. The van der Waals surface area contributed by atoms with E-state index in [4.69, 9.17) is 11.6 Å². The van der Waals surface area contributed by atoms with E-state index >= 15 is 0 Å². The first-order chi connectivity index (χ1) is 7.35. The van der Waals surface area contributed by atoms with E-state index in [-0.39, 0.29) is 0 Å². The average Bonchev–Trinajstić information content (AvgIpc) is 2.77. The second-order valence-corrected chi connectivity index (χ2v) is 4.29. The van der Waals surface area contributed by atoms with Crippen LogP contribution >= 0.6 is 22.9 Å². The maximum absolute atomic E-state index is 5.73. The summed E-state index contributed by atoms with van der Waals surface area (Å²) in [5, 5.41) is 3.03. The molecule has 0 spiro atoms. The topological polar surface area (TPSA) is 25.8 Å². The Bertz CT molecular complexity index is 453. The van der Waals surface area contributed by atoms with Crippen molar-refractivity contribution in [3.05, 3.63) is 35.1 Å². The zero-order valence-corrected chi connectivity index (χ0v) is 9.98. The van der Waals surface area contributed by atoms with Gasteiger partial charge in [0.25, 0.3) is 0 Å². The number of thiazole rings is 1. The molecule has 0 fully saturated rings. The molecule has 0 saturated carbocycles. The lowest BCUT2D eigenvalue weighted by molar-refractivity contribution is 1.10. The van der Waals surface area contributed by atoms with Crippen LogP contribution < -0.4 is 0 Å². The molecule has 0 amide bonds. The van der Waals surface area contributed by atoms with Crippen LogP contribution in [0.15, 0.2) is 23.8 Å². The molecule has 2 aromatic heterocycles. The summed E-state index contributed by atoms with van der Waals surface area (Å²) in [5.74, 6) is 0.475. The lowest BCUT2D eigenvalue weighted by atomic mass is 10.1. The molecule has 2 rings (SSSR count). The molecule has 78 valence electrons. The highest BCUT2D eigenvalue weighted by atomic mass is 35.5. The molecule has 0 bridgehead atoms. The summed E-state index contributed by atoms with van der Waals surface area (Å²) in [7, 11) is 0. The van der Waals surface area contributed by atoms with Crippen molar-refractivity contribution in [2.24, 2.45) is 0 Å². The summed E-state index contributed by atoms with van der Waals surface area (Å²) in [6, 6.07) is 2.01. The molecule has 0 aliphatic carbocycles. The van der Waals surface area contributed by atoms with E-state index in [0.29, 0.717) is 5.88 Å². The van der Waals surface area contributed by atoms with Gasteiger partial charge >= 0.3 is 0 Å². The van der Waals surface area contributed by atoms with Gasteiger partial charge in [0.15, 0.2) is 0 Å². The van der Waals surface area contributed by atoms with Crippen molar-refractivity contribution in [3.8, 4) is 10.6 Å². The van der Waals surface area contributed by atoms with Crippen molar-refractivity contribution in [1.29, 1.82) is 0 Å². The third-order valence-corrected chi connectivity index (χ3v) is 3.40. The Labute approximate surface area is 98.0 Å². The summed E-state index contributed by atoms with van der Waals surface area (Å²) in [5.41, 5.74) is 3.34. The summed E-state index contributed by atoms with van der Waals surface area (Å²) in [4.78, 5) is 8.59. The minimum atomic E-state index is 0.475. The molecule has 4 heteroatoms.